The average Bonchev–Trinajstić information content (AvgIpc) is 2.63. The Morgan fingerprint density at radius 2 is 2.00 bits per heavy atom. The third-order valence-electron chi connectivity index (χ3n) is 2.20. The molecule has 0 saturated heterocycles. The Hall–Kier alpha value is -1.20. The number of halogens is 1. The second-order valence-corrected chi connectivity index (χ2v) is 5.08. The number of anilines is 1. The topological polar surface area (TPSA) is 50.7 Å². The first kappa shape index (κ1) is 12.3. The summed E-state index contributed by atoms with van der Waals surface area (Å²) in [6.45, 7) is 5.92. The van der Waals surface area contributed by atoms with Crippen molar-refractivity contribution in [2.24, 2.45) is 0 Å². The van der Waals surface area contributed by atoms with Gasteiger partial charge in [0.15, 0.2) is 0 Å². The van der Waals surface area contributed by atoms with E-state index in [1.807, 2.05) is 32.2 Å². The zero-order valence-electron chi connectivity index (χ0n) is 9.86. The van der Waals surface area contributed by atoms with Crippen molar-refractivity contribution < 1.29 is 0 Å². The third-order valence-corrected chi connectivity index (χ3v) is 3.51. The van der Waals surface area contributed by atoms with E-state index < -0.39 is 0 Å². The smallest absolute Gasteiger partial charge is 0.224 e. The molecule has 2 aromatic rings. The van der Waals surface area contributed by atoms with Crippen molar-refractivity contribution in [2.75, 3.05) is 5.32 Å². The van der Waals surface area contributed by atoms with Gasteiger partial charge in [-0.2, -0.15) is 0 Å². The van der Waals surface area contributed by atoms with Crippen LogP contribution in [0.3, 0.4) is 0 Å². The summed E-state index contributed by atoms with van der Waals surface area (Å²) in [5, 5.41) is 6.60. The molecule has 90 valence electrons. The van der Waals surface area contributed by atoms with Crippen LogP contribution >= 0.6 is 22.9 Å². The lowest BCUT2D eigenvalue weighted by Gasteiger charge is -2.12. The van der Waals surface area contributed by atoms with Gasteiger partial charge in [-0.25, -0.2) is 15.0 Å². The van der Waals surface area contributed by atoms with Crippen LogP contribution in [0.1, 0.15) is 29.4 Å². The van der Waals surface area contributed by atoms with E-state index in [0.717, 1.165) is 22.2 Å². The normalized spacial score (nSPS) is 12.5. The molecule has 6 heteroatoms. The molecule has 0 aliphatic carbocycles. The van der Waals surface area contributed by atoms with Crippen molar-refractivity contribution in [3.63, 3.8) is 0 Å². The van der Waals surface area contributed by atoms with Gasteiger partial charge in [-0.1, -0.05) is 0 Å². The number of aromatic nitrogens is 3. The Kier molecular flexibility index (Phi) is 3.59. The van der Waals surface area contributed by atoms with Crippen molar-refractivity contribution >= 4 is 28.8 Å². The molecule has 2 aromatic heterocycles. The summed E-state index contributed by atoms with van der Waals surface area (Å²) in [5.41, 5.74) is 1.88. The van der Waals surface area contributed by atoms with Gasteiger partial charge in [-0.15, -0.1) is 11.3 Å². The molecule has 0 aromatic carbocycles. The van der Waals surface area contributed by atoms with Crippen molar-refractivity contribution in [1.82, 2.24) is 15.0 Å². The molecule has 0 amide bonds. The van der Waals surface area contributed by atoms with E-state index >= 15 is 0 Å². The monoisotopic (exact) mass is 268 g/mol. The van der Waals surface area contributed by atoms with E-state index in [1.54, 1.807) is 11.3 Å². The Morgan fingerprint density at radius 1 is 1.24 bits per heavy atom. The van der Waals surface area contributed by atoms with Gasteiger partial charge in [0.1, 0.15) is 10.8 Å². The lowest BCUT2D eigenvalue weighted by atomic mass is 10.3. The van der Waals surface area contributed by atoms with Crippen molar-refractivity contribution in [3.8, 4) is 0 Å². The highest BCUT2D eigenvalue weighted by molar-refractivity contribution is 7.09. The molecule has 2 heterocycles. The molecule has 1 N–H and O–H groups in total. The molecule has 4 nitrogen and oxygen atoms in total. The zero-order valence-corrected chi connectivity index (χ0v) is 11.4. The average molecular weight is 269 g/mol. The zero-order chi connectivity index (χ0) is 12.4. The fourth-order valence-corrected chi connectivity index (χ4v) is 2.49. The molecule has 1 unspecified atom stereocenters. The summed E-state index contributed by atoms with van der Waals surface area (Å²) < 4.78 is 0. The highest BCUT2D eigenvalue weighted by atomic mass is 35.5. The third kappa shape index (κ3) is 3.14. The van der Waals surface area contributed by atoms with Crippen LogP contribution in [0.15, 0.2) is 11.4 Å². The Bertz CT molecular complexity index is 506. The van der Waals surface area contributed by atoms with Crippen molar-refractivity contribution in [1.29, 1.82) is 0 Å². The molecular weight excluding hydrogens is 256 g/mol. The van der Waals surface area contributed by atoms with Crippen LogP contribution in [-0.4, -0.2) is 15.0 Å². The van der Waals surface area contributed by atoms with Crippen LogP contribution in [0.5, 0.6) is 0 Å². The van der Waals surface area contributed by atoms with Gasteiger partial charge in [-0.05, 0) is 32.4 Å². The number of hydrogen-bond acceptors (Lipinski definition) is 5. The van der Waals surface area contributed by atoms with E-state index in [2.05, 4.69) is 20.3 Å². The molecule has 0 aliphatic rings. The fourth-order valence-electron chi connectivity index (χ4n) is 1.46. The van der Waals surface area contributed by atoms with E-state index in [-0.39, 0.29) is 11.3 Å². The predicted octanol–water partition coefficient (Wildman–Crippen LogP) is 3.38. The van der Waals surface area contributed by atoms with Crippen molar-refractivity contribution in [3.05, 3.63) is 33.1 Å². The molecular formula is C11H13ClN4S. The van der Waals surface area contributed by atoms with Gasteiger partial charge in [0.05, 0.1) is 6.04 Å². The highest BCUT2D eigenvalue weighted by Crippen LogP contribution is 2.22. The summed E-state index contributed by atoms with van der Waals surface area (Å²) >= 11 is 7.44. The van der Waals surface area contributed by atoms with Crippen LogP contribution in [0.25, 0.3) is 0 Å². The number of aryl methyl sites for hydroxylation is 2. The number of rotatable bonds is 3. The summed E-state index contributed by atoms with van der Waals surface area (Å²) in [5.74, 6) is 0.725. The van der Waals surface area contributed by atoms with Gasteiger partial charge in [0.2, 0.25) is 5.28 Å². The van der Waals surface area contributed by atoms with E-state index in [9.17, 15) is 0 Å². The van der Waals surface area contributed by atoms with Crippen LogP contribution in [-0.2, 0) is 0 Å². The molecule has 1 atom stereocenters. The van der Waals surface area contributed by atoms with Crippen molar-refractivity contribution in [2.45, 2.75) is 26.8 Å². The van der Waals surface area contributed by atoms with Gasteiger partial charge in [-0.3, -0.25) is 0 Å². The molecule has 0 spiro atoms. The number of nitrogens with one attached hydrogen (secondary N) is 1. The molecule has 0 radical (unpaired) electrons. The minimum Gasteiger partial charge on any atom is -0.361 e. The van der Waals surface area contributed by atoms with E-state index in [0.29, 0.717) is 0 Å². The minimum absolute atomic E-state index is 0.110. The van der Waals surface area contributed by atoms with Crippen LogP contribution in [0.4, 0.5) is 5.82 Å². The van der Waals surface area contributed by atoms with Crippen LogP contribution in [0, 0.1) is 13.8 Å². The van der Waals surface area contributed by atoms with Gasteiger partial charge < -0.3 is 5.32 Å². The van der Waals surface area contributed by atoms with Gasteiger partial charge in [0.25, 0.3) is 0 Å². The largest absolute Gasteiger partial charge is 0.361 e. The van der Waals surface area contributed by atoms with Crippen LogP contribution in [0.2, 0.25) is 5.28 Å². The summed E-state index contributed by atoms with van der Waals surface area (Å²) in [6.07, 6.45) is 0. The van der Waals surface area contributed by atoms with E-state index in [1.165, 1.54) is 0 Å². The molecule has 0 bridgehead atoms. The molecule has 0 fully saturated rings. The number of hydrogen-bond donors (Lipinski definition) is 1. The first-order valence-electron chi connectivity index (χ1n) is 5.24. The highest BCUT2D eigenvalue weighted by Gasteiger charge is 2.10. The summed E-state index contributed by atoms with van der Waals surface area (Å²) in [6, 6.07) is 1.97. The fraction of sp³-hybridized carbons (Fsp3) is 0.364. The standard InChI is InChI=1S/C11H13ClN4S/c1-6-4-9(16-11(12)14-6)15-8(3)10-13-7(2)5-17-10/h4-5,8H,1-3H3,(H,14,15,16). The number of nitrogens with zero attached hydrogens (tertiary/aromatic N) is 3. The Labute approximate surface area is 109 Å². The molecule has 0 saturated carbocycles. The summed E-state index contributed by atoms with van der Waals surface area (Å²) in [7, 11) is 0. The summed E-state index contributed by atoms with van der Waals surface area (Å²) in [4.78, 5) is 12.6. The van der Waals surface area contributed by atoms with Gasteiger partial charge in [0, 0.05) is 22.8 Å². The Morgan fingerprint density at radius 3 is 2.59 bits per heavy atom. The second kappa shape index (κ2) is 4.98. The van der Waals surface area contributed by atoms with Gasteiger partial charge >= 0.3 is 0 Å². The maximum absolute atomic E-state index is 5.81. The maximum atomic E-state index is 5.81. The first-order valence-corrected chi connectivity index (χ1v) is 6.50. The van der Waals surface area contributed by atoms with E-state index in [4.69, 9.17) is 11.6 Å². The number of thiazole rings is 1. The predicted molar refractivity (Wildman–Crippen MR) is 70.7 cm³/mol. The SMILES string of the molecule is Cc1cc(NC(C)c2nc(C)cs2)nc(Cl)n1. The lowest BCUT2D eigenvalue weighted by molar-refractivity contribution is 0.852. The molecule has 0 aliphatic heterocycles. The second-order valence-electron chi connectivity index (χ2n) is 3.86. The molecule has 17 heavy (non-hydrogen) atoms. The minimum atomic E-state index is 0.110. The quantitative estimate of drug-likeness (QED) is 0.867. The Balaban J connectivity index is 2.15. The first-order chi connectivity index (χ1) is 8.04. The van der Waals surface area contributed by atoms with Crippen LogP contribution < -0.4 is 5.32 Å². The maximum Gasteiger partial charge on any atom is 0.224 e. The molecule has 2 rings (SSSR count). The lowest BCUT2D eigenvalue weighted by Crippen LogP contribution is -2.08.